The van der Waals surface area contributed by atoms with E-state index < -0.39 is 10.0 Å². The van der Waals surface area contributed by atoms with Crippen LogP contribution in [0.15, 0.2) is 41.3 Å². The molecule has 0 saturated carbocycles. The van der Waals surface area contributed by atoms with E-state index in [0.717, 1.165) is 32.3 Å². The van der Waals surface area contributed by atoms with E-state index in [0.29, 0.717) is 18.5 Å². The first-order valence-electron chi connectivity index (χ1n) is 10.3. The molecule has 0 bridgehead atoms. The number of hydrogen-bond donors (Lipinski definition) is 1. The number of rotatable bonds is 7. The van der Waals surface area contributed by atoms with Crippen LogP contribution in [0.5, 0.6) is 0 Å². The van der Waals surface area contributed by atoms with Crippen molar-refractivity contribution in [3.63, 3.8) is 0 Å². The Labute approximate surface area is 191 Å². The molecule has 32 heavy (non-hydrogen) atoms. The summed E-state index contributed by atoms with van der Waals surface area (Å²) in [6.07, 6.45) is 0.720. The van der Waals surface area contributed by atoms with Crippen molar-refractivity contribution in [2.75, 3.05) is 19.4 Å². The summed E-state index contributed by atoms with van der Waals surface area (Å²) in [5.74, 6) is 0.654. The van der Waals surface area contributed by atoms with Crippen LogP contribution in [-0.4, -0.2) is 47.3 Å². The van der Waals surface area contributed by atoms with E-state index in [9.17, 15) is 13.2 Å². The van der Waals surface area contributed by atoms with E-state index in [4.69, 9.17) is 0 Å². The lowest BCUT2D eigenvalue weighted by atomic mass is 10.2. The molecule has 1 N–H and O–H groups in total. The van der Waals surface area contributed by atoms with E-state index in [2.05, 4.69) is 15.3 Å². The molecule has 0 aliphatic heterocycles. The average molecular weight is 472 g/mol. The van der Waals surface area contributed by atoms with Gasteiger partial charge in [-0.1, -0.05) is 0 Å². The first-order valence-corrected chi connectivity index (χ1v) is 12.5. The molecule has 0 unspecified atom stereocenters. The maximum atomic E-state index is 12.6. The van der Waals surface area contributed by atoms with Crippen LogP contribution < -0.4 is 5.32 Å². The fourth-order valence-corrected chi connectivity index (χ4v) is 5.43. The average Bonchev–Trinajstić information content (AvgIpc) is 3.29. The minimum atomic E-state index is -3.54. The van der Waals surface area contributed by atoms with Crippen molar-refractivity contribution in [2.24, 2.45) is 0 Å². The number of benzene rings is 2. The van der Waals surface area contributed by atoms with Crippen molar-refractivity contribution in [1.29, 1.82) is 0 Å². The van der Waals surface area contributed by atoms with Crippen molar-refractivity contribution in [3.05, 3.63) is 47.2 Å². The van der Waals surface area contributed by atoms with E-state index in [1.165, 1.54) is 18.4 Å². The van der Waals surface area contributed by atoms with Crippen molar-refractivity contribution >= 4 is 54.2 Å². The summed E-state index contributed by atoms with van der Waals surface area (Å²) in [4.78, 5) is 21.8. The third-order valence-corrected chi connectivity index (χ3v) is 7.99. The van der Waals surface area contributed by atoms with Gasteiger partial charge in [-0.15, -0.1) is 11.3 Å². The summed E-state index contributed by atoms with van der Waals surface area (Å²) in [6.45, 7) is 4.64. The number of carbonyl (C=O) groups is 1. The highest BCUT2D eigenvalue weighted by molar-refractivity contribution is 7.89. The molecule has 8 nitrogen and oxygen atoms in total. The molecule has 168 valence electrons. The zero-order valence-corrected chi connectivity index (χ0v) is 20.0. The number of aromatic nitrogens is 3. The molecule has 4 aromatic rings. The molecule has 0 aliphatic rings. The molecule has 0 spiro atoms. The van der Waals surface area contributed by atoms with Gasteiger partial charge in [0.15, 0.2) is 0 Å². The number of imidazole rings is 1. The van der Waals surface area contributed by atoms with E-state index in [1.807, 2.05) is 36.6 Å². The van der Waals surface area contributed by atoms with Crippen molar-refractivity contribution in [1.82, 2.24) is 18.8 Å². The second-order valence-corrected chi connectivity index (χ2v) is 11.1. The standard InChI is InChI=1S/C22H25N5O3S2/c1-5-27-19-9-7-16(32(29,30)26(3)4)13-18(19)25-21(27)10-11-22(28)24-15-6-8-17-20(12-15)31-14(2)23-17/h6-9,12-13H,5,10-11H2,1-4H3,(H,24,28). The van der Waals surface area contributed by atoms with Gasteiger partial charge in [0.1, 0.15) is 5.82 Å². The van der Waals surface area contributed by atoms with Gasteiger partial charge in [-0.25, -0.2) is 22.7 Å². The molecule has 0 saturated heterocycles. The molecule has 0 atom stereocenters. The van der Waals surface area contributed by atoms with Crippen molar-refractivity contribution in [2.45, 2.75) is 38.1 Å². The second-order valence-electron chi connectivity index (χ2n) is 7.67. The number of nitrogens with zero attached hydrogens (tertiary/aromatic N) is 4. The Morgan fingerprint density at radius 3 is 2.62 bits per heavy atom. The number of sulfonamides is 1. The molecule has 0 fully saturated rings. The van der Waals surface area contributed by atoms with Crippen LogP contribution in [0.2, 0.25) is 0 Å². The number of fused-ring (bicyclic) bond motifs is 2. The third-order valence-electron chi connectivity index (χ3n) is 5.25. The molecule has 0 aliphatic carbocycles. The molecule has 10 heteroatoms. The number of anilines is 1. The minimum Gasteiger partial charge on any atom is -0.328 e. The summed E-state index contributed by atoms with van der Waals surface area (Å²) in [6, 6.07) is 10.7. The van der Waals surface area contributed by atoms with Gasteiger partial charge >= 0.3 is 0 Å². The zero-order valence-electron chi connectivity index (χ0n) is 18.4. The Balaban J connectivity index is 1.51. The first kappa shape index (κ1) is 22.4. The van der Waals surface area contributed by atoms with Gasteiger partial charge in [0.05, 0.1) is 31.2 Å². The van der Waals surface area contributed by atoms with Gasteiger partial charge in [0.25, 0.3) is 0 Å². The highest BCUT2D eigenvalue weighted by atomic mass is 32.2. The van der Waals surface area contributed by atoms with Gasteiger partial charge in [-0.05, 0) is 50.2 Å². The monoisotopic (exact) mass is 471 g/mol. The van der Waals surface area contributed by atoms with E-state index in [1.54, 1.807) is 29.5 Å². The van der Waals surface area contributed by atoms with Crippen LogP contribution in [0, 0.1) is 6.92 Å². The molecule has 1 amide bonds. The van der Waals surface area contributed by atoms with Crippen molar-refractivity contribution in [3.8, 4) is 0 Å². The quantitative estimate of drug-likeness (QED) is 0.442. The number of carbonyl (C=O) groups excluding carboxylic acids is 1. The van der Waals surface area contributed by atoms with Crippen LogP contribution in [0.25, 0.3) is 21.3 Å². The summed E-state index contributed by atoms with van der Waals surface area (Å²) in [5.41, 5.74) is 3.13. The largest absolute Gasteiger partial charge is 0.328 e. The Morgan fingerprint density at radius 2 is 1.91 bits per heavy atom. The normalized spacial score (nSPS) is 12.2. The predicted molar refractivity (Wildman–Crippen MR) is 128 cm³/mol. The number of nitrogens with one attached hydrogen (secondary N) is 1. The van der Waals surface area contributed by atoms with E-state index in [-0.39, 0.29) is 17.2 Å². The van der Waals surface area contributed by atoms with Crippen LogP contribution in [0.3, 0.4) is 0 Å². The smallest absolute Gasteiger partial charge is 0.242 e. The molecule has 2 aromatic carbocycles. The third kappa shape index (κ3) is 4.25. The van der Waals surface area contributed by atoms with Gasteiger partial charge in [0, 0.05) is 39.2 Å². The molecular formula is C22H25N5O3S2. The summed E-state index contributed by atoms with van der Waals surface area (Å²) in [5, 5.41) is 3.93. The summed E-state index contributed by atoms with van der Waals surface area (Å²) >= 11 is 1.59. The second kappa shape index (κ2) is 8.61. The minimum absolute atomic E-state index is 0.101. The predicted octanol–water partition coefficient (Wildman–Crippen LogP) is 3.80. The Hall–Kier alpha value is -2.82. The lowest BCUT2D eigenvalue weighted by molar-refractivity contribution is -0.116. The first-order chi connectivity index (χ1) is 15.2. The topological polar surface area (TPSA) is 97.2 Å². The number of thiazole rings is 1. The molecule has 4 rings (SSSR count). The number of hydrogen-bond acceptors (Lipinski definition) is 6. The summed E-state index contributed by atoms with van der Waals surface area (Å²) in [7, 11) is -0.533. The lowest BCUT2D eigenvalue weighted by Gasteiger charge is -2.11. The lowest BCUT2D eigenvalue weighted by Crippen LogP contribution is -2.22. The van der Waals surface area contributed by atoms with Gasteiger partial charge in [-0.2, -0.15) is 0 Å². The highest BCUT2D eigenvalue weighted by Gasteiger charge is 2.19. The zero-order chi connectivity index (χ0) is 23.0. The highest BCUT2D eigenvalue weighted by Crippen LogP contribution is 2.25. The maximum absolute atomic E-state index is 12.6. The van der Waals surface area contributed by atoms with Crippen LogP contribution >= 0.6 is 11.3 Å². The molecule has 0 radical (unpaired) electrons. The Morgan fingerprint density at radius 1 is 1.12 bits per heavy atom. The SMILES string of the molecule is CCn1c(CCC(=O)Nc2ccc3nc(C)sc3c2)nc2cc(S(=O)(=O)N(C)C)ccc21. The van der Waals surface area contributed by atoms with Crippen molar-refractivity contribution < 1.29 is 13.2 Å². The van der Waals surface area contributed by atoms with Crippen LogP contribution in [0.4, 0.5) is 5.69 Å². The Bertz CT molecular complexity index is 1420. The number of amides is 1. The number of aryl methyl sites for hydroxylation is 3. The van der Waals surface area contributed by atoms with Crippen LogP contribution in [-0.2, 0) is 27.8 Å². The summed E-state index contributed by atoms with van der Waals surface area (Å²) < 4.78 is 29.1. The van der Waals surface area contributed by atoms with E-state index >= 15 is 0 Å². The van der Waals surface area contributed by atoms with Gasteiger partial charge in [-0.3, -0.25) is 4.79 Å². The molecule has 2 aromatic heterocycles. The van der Waals surface area contributed by atoms with Crippen LogP contribution in [0.1, 0.15) is 24.2 Å². The Kier molecular flexibility index (Phi) is 6.02. The fourth-order valence-electron chi connectivity index (χ4n) is 3.64. The fraction of sp³-hybridized carbons (Fsp3) is 0.318. The molecule has 2 heterocycles. The van der Waals surface area contributed by atoms with Gasteiger partial charge < -0.3 is 9.88 Å². The molecular weight excluding hydrogens is 446 g/mol. The maximum Gasteiger partial charge on any atom is 0.242 e. The van der Waals surface area contributed by atoms with Gasteiger partial charge in [0.2, 0.25) is 15.9 Å².